The van der Waals surface area contributed by atoms with Crippen molar-refractivity contribution in [3.8, 4) is 0 Å². The molecule has 0 saturated carbocycles. The lowest BCUT2D eigenvalue weighted by Crippen LogP contribution is -2.31. The SMILES string of the molecule is COC(=O)[C@H](c1ccc(Cl)c(Cl)c1)N(C)Cc1nnc(C)o1. The maximum Gasteiger partial charge on any atom is 0.327 e. The van der Waals surface area contributed by atoms with Crippen molar-refractivity contribution in [3.63, 3.8) is 0 Å². The lowest BCUT2D eigenvalue weighted by atomic mass is 10.1. The molecule has 0 radical (unpaired) electrons. The van der Waals surface area contributed by atoms with Crippen molar-refractivity contribution in [3.05, 3.63) is 45.6 Å². The van der Waals surface area contributed by atoms with Gasteiger partial charge in [0, 0.05) is 6.92 Å². The number of hydrogen-bond donors (Lipinski definition) is 0. The van der Waals surface area contributed by atoms with Gasteiger partial charge < -0.3 is 9.15 Å². The van der Waals surface area contributed by atoms with E-state index < -0.39 is 12.0 Å². The molecule has 0 aliphatic heterocycles. The van der Waals surface area contributed by atoms with Gasteiger partial charge in [-0.3, -0.25) is 4.90 Å². The van der Waals surface area contributed by atoms with Crippen LogP contribution in [-0.2, 0) is 16.1 Å². The molecule has 0 aliphatic rings. The minimum absolute atomic E-state index is 0.293. The summed E-state index contributed by atoms with van der Waals surface area (Å²) in [6.07, 6.45) is 0. The zero-order valence-electron chi connectivity index (χ0n) is 12.3. The smallest absolute Gasteiger partial charge is 0.327 e. The number of halogens is 2. The molecule has 1 aromatic heterocycles. The van der Waals surface area contributed by atoms with Gasteiger partial charge in [-0.2, -0.15) is 0 Å². The van der Waals surface area contributed by atoms with Gasteiger partial charge in [-0.05, 0) is 24.7 Å². The van der Waals surface area contributed by atoms with E-state index in [2.05, 4.69) is 10.2 Å². The van der Waals surface area contributed by atoms with E-state index >= 15 is 0 Å². The molecule has 1 heterocycles. The van der Waals surface area contributed by atoms with Crippen LogP contribution < -0.4 is 0 Å². The van der Waals surface area contributed by atoms with Crippen LogP contribution in [0.5, 0.6) is 0 Å². The predicted molar refractivity (Wildman–Crippen MR) is 81.7 cm³/mol. The Hall–Kier alpha value is -1.63. The number of hydrogen-bond acceptors (Lipinski definition) is 6. The number of ether oxygens (including phenoxy) is 1. The summed E-state index contributed by atoms with van der Waals surface area (Å²) in [5, 5.41) is 8.48. The number of benzene rings is 1. The predicted octanol–water partition coefficient (Wildman–Crippen LogP) is 3.03. The van der Waals surface area contributed by atoms with Gasteiger partial charge in [0.15, 0.2) is 0 Å². The average molecular weight is 344 g/mol. The van der Waals surface area contributed by atoms with E-state index in [4.69, 9.17) is 32.4 Å². The third-order valence-electron chi connectivity index (χ3n) is 3.08. The van der Waals surface area contributed by atoms with Crippen LogP contribution in [0.2, 0.25) is 10.0 Å². The Kier molecular flexibility index (Phi) is 5.39. The van der Waals surface area contributed by atoms with Crippen molar-refractivity contribution < 1.29 is 13.9 Å². The summed E-state index contributed by atoms with van der Waals surface area (Å²) in [6, 6.07) is 4.35. The molecule has 6 nitrogen and oxygen atoms in total. The topological polar surface area (TPSA) is 68.5 Å². The molecule has 22 heavy (non-hydrogen) atoms. The first-order valence-electron chi connectivity index (χ1n) is 6.44. The molecule has 1 atom stereocenters. The van der Waals surface area contributed by atoms with Crippen LogP contribution >= 0.6 is 23.2 Å². The van der Waals surface area contributed by atoms with Gasteiger partial charge in [0.2, 0.25) is 11.8 Å². The highest BCUT2D eigenvalue weighted by molar-refractivity contribution is 6.42. The Labute approximate surface area is 138 Å². The number of rotatable bonds is 5. The third kappa shape index (κ3) is 3.76. The highest BCUT2D eigenvalue weighted by atomic mass is 35.5. The quantitative estimate of drug-likeness (QED) is 0.777. The van der Waals surface area contributed by atoms with E-state index in [1.807, 2.05) is 0 Å². The van der Waals surface area contributed by atoms with E-state index in [1.54, 1.807) is 37.1 Å². The van der Waals surface area contributed by atoms with Crippen LogP contribution in [0.15, 0.2) is 22.6 Å². The van der Waals surface area contributed by atoms with Gasteiger partial charge in [0.05, 0.1) is 23.7 Å². The van der Waals surface area contributed by atoms with E-state index in [-0.39, 0.29) is 0 Å². The van der Waals surface area contributed by atoms with Crippen molar-refractivity contribution >= 4 is 29.2 Å². The molecule has 0 N–H and O–H groups in total. The van der Waals surface area contributed by atoms with Crippen LogP contribution in [0.25, 0.3) is 0 Å². The van der Waals surface area contributed by atoms with Gasteiger partial charge >= 0.3 is 5.97 Å². The first-order valence-corrected chi connectivity index (χ1v) is 7.20. The van der Waals surface area contributed by atoms with E-state index in [9.17, 15) is 4.79 Å². The molecular weight excluding hydrogens is 329 g/mol. The fourth-order valence-electron chi connectivity index (χ4n) is 2.07. The van der Waals surface area contributed by atoms with Gasteiger partial charge in [0.1, 0.15) is 6.04 Å². The summed E-state index contributed by atoms with van der Waals surface area (Å²) in [4.78, 5) is 13.9. The number of carbonyl (C=O) groups is 1. The molecule has 2 aromatic rings. The lowest BCUT2D eigenvalue weighted by molar-refractivity contribution is -0.147. The third-order valence-corrected chi connectivity index (χ3v) is 3.82. The molecule has 0 amide bonds. The molecule has 0 unspecified atom stereocenters. The molecule has 0 bridgehead atoms. The largest absolute Gasteiger partial charge is 0.468 e. The Morgan fingerprint density at radius 3 is 2.64 bits per heavy atom. The van der Waals surface area contributed by atoms with Crippen molar-refractivity contribution in [2.24, 2.45) is 0 Å². The number of nitrogens with zero attached hydrogens (tertiary/aromatic N) is 3. The summed E-state index contributed by atoms with van der Waals surface area (Å²) in [5.41, 5.74) is 0.667. The van der Waals surface area contributed by atoms with Crippen molar-refractivity contribution in [2.75, 3.05) is 14.2 Å². The average Bonchev–Trinajstić information content (AvgIpc) is 2.88. The van der Waals surface area contributed by atoms with Gasteiger partial charge in [-0.15, -0.1) is 10.2 Å². The zero-order chi connectivity index (χ0) is 16.3. The highest BCUT2D eigenvalue weighted by Gasteiger charge is 2.27. The van der Waals surface area contributed by atoms with Crippen molar-refractivity contribution in [1.82, 2.24) is 15.1 Å². The molecule has 0 spiro atoms. The second-order valence-corrected chi connectivity index (χ2v) is 5.54. The molecule has 0 aliphatic carbocycles. The number of esters is 1. The Morgan fingerprint density at radius 2 is 2.09 bits per heavy atom. The van der Waals surface area contributed by atoms with Crippen LogP contribution in [0.1, 0.15) is 23.4 Å². The summed E-state index contributed by atoms with van der Waals surface area (Å²) in [6.45, 7) is 1.99. The van der Waals surface area contributed by atoms with Crippen molar-refractivity contribution in [2.45, 2.75) is 19.5 Å². The summed E-state index contributed by atoms with van der Waals surface area (Å²) < 4.78 is 10.2. The molecule has 8 heteroatoms. The Bertz CT molecular complexity index is 675. The van der Waals surface area contributed by atoms with Gasteiger partial charge in [0.25, 0.3) is 0 Å². The molecule has 118 valence electrons. The summed E-state index contributed by atoms with van der Waals surface area (Å²) in [5.74, 6) is 0.457. The van der Waals surface area contributed by atoms with E-state index in [1.165, 1.54) is 7.11 Å². The Morgan fingerprint density at radius 1 is 1.36 bits per heavy atom. The second-order valence-electron chi connectivity index (χ2n) is 4.73. The fraction of sp³-hybridized carbons (Fsp3) is 0.357. The van der Waals surface area contributed by atoms with Crippen molar-refractivity contribution in [1.29, 1.82) is 0 Å². The monoisotopic (exact) mass is 343 g/mol. The standard InChI is InChI=1S/C14H15Cl2N3O3/c1-8-17-18-12(22-8)7-19(2)13(14(20)21-3)9-4-5-10(15)11(16)6-9/h4-6,13H,7H2,1-3H3/t13-/m0/s1. The second kappa shape index (κ2) is 7.09. The molecule has 0 saturated heterocycles. The fourth-order valence-corrected chi connectivity index (χ4v) is 2.38. The van der Waals surface area contributed by atoms with E-state index in [0.717, 1.165) is 0 Å². The summed E-state index contributed by atoms with van der Waals surface area (Å²) in [7, 11) is 3.08. The van der Waals surface area contributed by atoms with Crippen LogP contribution in [0.4, 0.5) is 0 Å². The molecular formula is C14H15Cl2N3O3. The Balaban J connectivity index is 2.28. The number of methoxy groups -OCH3 is 1. The molecule has 0 fully saturated rings. The lowest BCUT2D eigenvalue weighted by Gasteiger charge is -2.25. The number of aromatic nitrogens is 2. The minimum atomic E-state index is -0.660. The number of carbonyl (C=O) groups excluding carboxylic acids is 1. The molecule has 2 rings (SSSR count). The van der Waals surface area contributed by atoms with Crippen LogP contribution in [0.3, 0.4) is 0 Å². The maximum absolute atomic E-state index is 12.1. The molecule has 1 aromatic carbocycles. The maximum atomic E-state index is 12.1. The highest BCUT2D eigenvalue weighted by Crippen LogP contribution is 2.29. The van der Waals surface area contributed by atoms with Crippen LogP contribution in [-0.4, -0.2) is 35.2 Å². The normalized spacial score (nSPS) is 12.5. The van der Waals surface area contributed by atoms with Crippen LogP contribution in [0, 0.1) is 6.92 Å². The van der Waals surface area contributed by atoms with E-state index in [0.29, 0.717) is 33.9 Å². The van der Waals surface area contributed by atoms with Gasteiger partial charge in [-0.1, -0.05) is 29.3 Å². The van der Waals surface area contributed by atoms with Gasteiger partial charge in [-0.25, -0.2) is 4.79 Å². The first kappa shape index (κ1) is 16.7. The first-order chi connectivity index (χ1) is 10.4. The number of aryl methyl sites for hydroxylation is 1. The zero-order valence-corrected chi connectivity index (χ0v) is 13.9. The number of likely N-dealkylation sites (N-methyl/N-ethyl adjacent to an activating group) is 1. The minimum Gasteiger partial charge on any atom is -0.468 e. The summed E-state index contributed by atoms with van der Waals surface area (Å²) >= 11 is 11.9.